The Labute approximate surface area is 192 Å². The summed E-state index contributed by atoms with van der Waals surface area (Å²) in [5, 5.41) is 3.13. The highest BCUT2D eigenvalue weighted by atomic mass is 16.4. The molecule has 4 aromatic rings. The third kappa shape index (κ3) is 3.65. The number of hydrogen-bond acceptors (Lipinski definition) is 4. The third-order valence-corrected chi connectivity index (χ3v) is 6.47. The molecule has 0 saturated carbocycles. The van der Waals surface area contributed by atoms with Crippen LogP contribution in [0.2, 0.25) is 0 Å². The quantitative estimate of drug-likeness (QED) is 0.475. The van der Waals surface area contributed by atoms with Gasteiger partial charge in [-0.1, -0.05) is 56.3 Å². The third-order valence-electron chi connectivity index (χ3n) is 6.47. The first kappa shape index (κ1) is 21.2. The Morgan fingerprint density at radius 3 is 2.52 bits per heavy atom. The number of amides is 1. The second-order valence-corrected chi connectivity index (χ2v) is 9.63. The van der Waals surface area contributed by atoms with Crippen molar-refractivity contribution in [3.8, 4) is 0 Å². The van der Waals surface area contributed by atoms with Crippen molar-refractivity contribution in [2.24, 2.45) is 12.5 Å². The van der Waals surface area contributed by atoms with Gasteiger partial charge in [0.05, 0.1) is 16.6 Å². The van der Waals surface area contributed by atoms with Crippen molar-refractivity contribution >= 4 is 22.7 Å². The number of furan rings is 1. The predicted octanol–water partition coefficient (Wildman–Crippen LogP) is 5.15. The lowest BCUT2D eigenvalue weighted by Gasteiger charge is -2.27. The Hall–Kier alpha value is -3.67. The number of aromatic nitrogens is 2. The van der Waals surface area contributed by atoms with Crippen molar-refractivity contribution in [3.63, 3.8) is 0 Å². The van der Waals surface area contributed by atoms with Crippen LogP contribution in [0.1, 0.15) is 69.9 Å². The summed E-state index contributed by atoms with van der Waals surface area (Å²) in [4.78, 5) is 31.1. The minimum atomic E-state index is -0.482. The van der Waals surface area contributed by atoms with Gasteiger partial charge >= 0.3 is 0 Å². The van der Waals surface area contributed by atoms with Gasteiger partial charge in [0, 0.05) is 25.5 Å². The van der Waals surface area contributed by atoms with Gasteiger partial charge in [0.1, 0.15) is 17.6 Å². The summed E-state index contributed by atoms with van der Waals surface area (Å²) >= 11 is 0. The molecule has 0 saturated heterocycles. The monoisotopic (exact) mass is 441 g/mol. The topological polar surface area (TPSA) is 77.1 Å². The summed E-state index contributed by atoms with van der Waals surface area (Å²) in [7, 11) is 1.95. The van der Waals surface area contributed by atoms with E-state index in [9.17, 15) is 9.59 Å². The van der Waals surface area contributed by atoms with E-state index in [-0.39, 0.29) is 22.9 Å². The molecule has 6 heteroatoms. The molecular formula is C27H27N3O3. The molecule has 168 valence electrons. The molecule has 0 aliphatic heterocycles. The van der Waals surface area contributed by atoms with Crippen LogP contribution in [0.5, 0.6) is 0 Å². The van der Waals surface area contributed by atoms with Crippen molar-refractivity contribution in [1.82, 2.24) is 14.9 Å². The van der Waals surface area contributed by atoms with Crippen LogP contribution < -0.4 is 5.32 Å². The van der Waals surface area contributed by atoms with E-state index in [1.54, 1.807) is 6.92 Å². The number of imidazole rings is 1. The van der Waals surface area contributed by atoms with Crippen molar-refractivity contribution in [1.29, 1.82) is 0 Å². The van der Waals surface area contributed by atoms with Crippen molar-refractivity contribution in [2.45, 2.75) is 39.7 Å². The minimum absolute atomic E-state index is 0.0384. The SMILES string of the molecule is Cc1c(C(=O)NC(c2ccccc2)c2nc3ccccc3n2C)oc2c1C(=O)CC(C)(C)C2. The molecule has 0 spiro atoms. The second kappa shape index (κ2) is 7.73. The van der Waals surface area contributed by atoms with Crippen LogP contribution in [0, 0.1) is 12.3 Å². The van der Waals surface area contributed by atoms with Gasteiger partial charge in [0.2, 0.25) is 0 Å². The number of para-hydroxylation sites is 2. The molecule has 2 heterocycles. The van der Waals surface area contributed by atoms with E-state index >= 15 is 0 Å². The number of carbonyl (C=O) groups is 2. The first-order valence-electron chi connectivity index (χ1n) is 11.2. The smallest absolute Gasteiger partial charge is 0.288 e. The maximum atomic E-state index is 13.5. The van der Waals surface area contributed by atoms with E-state index in [1.807, 2.05) is 80.1 Å². The highest BCUT2D eigenvalue weighted by Crippen LogP contribution is 2.38. The molecule has 1 amide bonds. The summed E-state index contributed by atoms with van der Waals surface area (Å²) in [6.45, 7) is 5.88. The van der Waals surface area contributed by atoms with Crippen LogP contribution >= 0.6 is 0 Å². The number of nitrogens with one attached hydrogen (secondary N) is 1. The average molecular weight is 442 g/mol. The Bertz CT molecular complexity index is 1380. The molecule has 2 aromatic carbocycles. The minimum Gasteiger partial charge on any atom is -0.455 e. The van der Waals surface area contributed by atoms with E-state index in [0.717, 1.165) is 22.4 Å². The first-order valence-corrected chi connectivity index (χ1v) is 11.2. The Kier molecular flexibility index (Phi) is 4.96. The number of carbonyl (C=O) groups excluding carboxylic acids is 2. The van der Waals surface area contributed by atoms with Crippen molar-refractivity contribution < 1.29 is 14.0 Å². The number of ketones is 1. The molecule has 0 fully saturated rings. The zero-order chi connectivity index (χ0) is 23.3. The molecule has 0 radical (unpaired) electrons. The number of rotatable bonds is 4. The van der Waals surface area contributed by atoms with Crippen LogP contribution in [0.4, 0.5) is 0 Å². The summed E-state index contributed by atoms with van der Waals surface area (Å²) in [5.74, 6) is 1.22. The number of hydrogen-bond donors (Lipinski definition) is 1. The van der Waals surface area contributed by atoms with Crippen LogP contribution in [-0.4, -0.2) is 21.2 Å². The van der Waals surface area contributed by atoms with Crippen LogP contribution in [0.3, 0.4) is 0 Å². The molecule has 0 bridgehead atoms. The Morgan fingerprint density at radius 1 is 1.09 bits per heavy atom. The van der Waals surface area contributed by atoms with Gasteiger partial charge in [0.25, 0.3) is 5.91 Å². The Balaban J connectivity index is 1.55. The van der Waals surface area contributed by atoms with Crippen LogP contribution in [0.15, 0.2) is 59.0 Å². The maximum Gasteiger partial charge on any atom is 0.288 e. The van der Waals surface area contributed by atoms with Crippen LogP contribution in [0.25, 0.3) is 11.0 Å². The van der Waals surface area contributed by atoms with Gasteiger partial charge in [-0.3, -0.25) is 9.59 Å². The standard InChI is InChI=1S/C27H27N3O3/c1-16-22-20(31)14-27(2,3)15-21(22)33-24(16)26(32)29-23(17-10-6-5-7-11-17)25-28-18-12-8-9-13-19(18)30(25)4/h5-13,23H,14-15H2,1-4H3,(H,29,32). The molecule has 1 unspecified atom stereocenters. The van der Waals surface area contributed by atoms with Gasteiger partial charge in [-0.15, -0.1) is 0 Å². The van der Waals surface area contributed by atoms with Gasteiger partial charge in [0.15, 0.2) is 11.5 Å². The summed E-state index contributed by atoms with van der Waals surface area (Å²) in [6.07, 6.45) is 1.09. The lowest BCUT2D eigenvalue weighted by atomic mass is 9.76. The highest BCUT2D eigenvalue weighted by Gasteiger charge is 2.37. The molecule has 1 aliphatic rings. The number of aryl methyl sites for hydroxylation is 1. The molecule has 6 nitrogen and oxygen atoms in total. The zero-order valence-electron chi connectivity index (χ0n) is 19.3. The lowest BCUT2D eigenvalue weighted by molar-refractivity contribution is 0.0884. The summed E-state index contributed by atoms with van der Waals surface area (Å²) < 4.78 is 8.01. The lowest BCUT2D eigenvalue weighted by Crippen LogP contribution is -2.31. The van der Waals surface area contributed by atoms with E-state index < -0.39 is 6.04 Å². The largest absolute Gasteiger partial charge is 0.455 e. The number of Topliss-reactive ketones (excluding diaryl/α,β-unsaturated/α-hetero) is 1. The van der Waals surface area contributed by atoms with Crippen molar-refractivity contribution in [3.05, 3.63) is 88.6 Å². The van der Waals surface area contributed by atoms with Gasteiger partial charge in [-0.2, -0.15) is 0 Å². The fraction of sp³-hybridized carbons (Fsp3) is 0.296. The fourth-order valence-electron chi connectivity index (χ4n) is 4.86. The van der Waals surface area contributed by atoms with Gasteiger partial charge < -0.3 is 14.3 Å². The molecule has 2 aromatic heterocycles. The molecule has 1 N–H and O–H groups in total. The number of nitrogens with zero attached hydrogens (tertiary/aromatic N) is 2. The van der Waals surface area contributed by atoms with E-state index in [4.69, 9.17) is 9.40 Å². The van der Waals surface area contributed by atoms with E-state index in [1.165, 1.54) is 0 Å². The summed E-state index contributed by atoms with van der Waals surface area (Å²) in [5.41, 5.74) is 3.76. The maximum absolute atomic E-state index is 13.5. The van der Waals surface area contributed by atoms with Gasteiger partial charge in [-0.25, -0.2) is 4.98 Å². The predicted molar refractivity (Wildman–Crippen MR) is 126 cm³/mol. The second-order valence-electron chi connectivity index (χ2n) is 9.63. The van der Waals surface area contributed by atoms with Crippen molar-refractivity contribution in [2.75, 3.05) is 0 Å². The number of benzene rings is 2. The average Bonchev–Trinajstić information content (AvgIpc) is 3.28. The normalized spacial score (nSPS) is 15.9. The highest BCUT2D eigenvalue weighted by molar-refractivity contribution is 6.04. The summed E-state index contributed by atoms with van der Waals surface area (Å²) in [6, 6.07) is 17.2. The molecular weight excluding hydrogens is 414 g/mol. The molecule has 1 atom stereocenters. The molecule has 33 heavy (non-hydrogen) atoms. The van der Waals surface area contributed by atoms with E-state index in [2.05, 4.69) is 5.32 Å². The number of fused-ring (bicyclic) bond motifs is 2. The molecule has 1 aliphatic carbocycles. The zero-order valence-corrected chi connectivity index (χ0v) is 19.3. The Morgan fingerprint density at radius 2 is 1.79 bits per heavy atom. The molecule has 5 rings (SSSR count). The fourth-order valence-corrected chi connectivity index (χ4v) is 4.86. The van der Waals surface area contributed by atoms with E-state index in [0.29, 0.717) is 29.7 Å². The van der Waals surface area contributed by atoms with Gasteiger partial charge in [-0.05, 0) is 30.0 Å². The van der Waals surface area contributed by atoms with Crippen LogP contribution in [-0.2, 0) is 13.5 Å². The first-order chi connectivity index (χ1) is 15.7.